The Labute approximate surface area is 149 Å². The summed E-state index contributed by atoms with van der Waals surface area (Å²) in [5.74, 6) is 1.90. The van der Waals surface area contributed by atoms with Gasteiger partial charge < -0.3 is 14.9 Å². The topological polar surface area (TPSA) is 66.6 Å². The largest absolute Gasteiger partial charge is 0.391 e. The van der Waals surface area contributed by atoms with Gasteiger partial charge in [-0.15, -0.1) is 0 Å². The average Bonchev–Trinajstić information content (AvgIpc) is 3.04. The van der Waals surface area contributed by atoms with Gasteiger partial charge in [-0.2, -0.15) is 5.26 Å². The highest BCUT2D eigenvalue weighted by molar-refractivity contribution is 5.54. The van der Waals surface area contributed by atoms with E-state index in [1.54, 1.807) is 6.20 Å². The highest BCUT2D eigenvalue weighted by atomic mass is 16.3. The van der Waals surface area contributed by atoms with Gasteiger partial charge in [0.25, 0.3) is 0 Å². The van der Waals surface area contributed by atoms with Crippen LogP contribution >= 0.6 is 0 Å². The summed E-state index contributed by atoms with van der Waals surface area (Å²) >= 11 is 0. The molecule has 2 saturated heterocycles. The lowest BCUT2D eigenvalue weighted by atomic mass is 9.77. The van der Waals surface area contributed by atoms with Gasteiger partial charge in [0, 0.05) is 51.5 Å². The number of aliphatic hydroxyl groups excluding tert-OH is 1. The third kappa shape index (κ3) is 3.24. The normalized spacial score (nSPS) is 33.9. The van der Waals surface area contributed by atoms with E-state index in [1.165, 1.54) is 0 Å². The van der Waals surface area contributed by atoms with E-state index in [4.69, 9.17) is 0 Å². The molecule has 2 aliphatic heterocycles. The average molecular weight is 341 g/mol. The van der Waals surface area contributed by atoms with E-state index in [1.807, 2.05) is 12.1 Å². The van der Waals surface area contributed by atoms with Crippen molar-refractivity contribution in [2.24, 2.45) is 11.8 Å². The summed E-state index contributed by atoms with van der Waals surface area (Å²) in [6, 6.07) is 6.20. The molecule has 0 amide bonds. The number of nitriles is 1. The zero-order valence-corrected chi connectivity index (χ0v) is 14.9. The Bertz CT molecular complexity index is 651. The van der Waals surface area contributed by atoms with Crippen molar-refractivity contribution in [3.05, 3.63) is 23.9 Å². The van der Waals surface area contributed by atoms with Crippen LogP contribution in [0.3, 0.4) is 0 Å². The quantitative estimate of drug-likeness (QED) is 0.857. The number of aromatic nitrogens is 1. The van der Waals surface area contributed by atoms with Crippen LogP contribution in [0.15, 0.2) is 18.3 Å². The number of nitrogens with zero attached hydrogens (tertiary/aromatic N) is 5. The molecule has 0 bridgehead atoms. The van der Waals surface area contributed by atoms with E-state index in [2.05, 4.69) is 32.8 Å². The Morgan fingerprint density at radius 2 is 1.88 bits per heavy atom. The molecule has 0 radical (unpaired) electrons. The number of anilines is 1. The SMILES string of the molecule is CN1CCN([C@@H]2C[C@@H]3CN(c4ncccc4C#N)C[C@@H]3C[C@H]2O)CC1. The molecule has 6 nitrogen and oxygen atoms in total. The smallest absolute Gasteiger partial charge is 0.146 e. The van der Waals surface area contributed by atoms with Gasteiger partial charge in [0.05, 0.1) is 11.7 Å². The number of hydrogen-bond donors (Lipinski definition) is 1. The molecule has 1 aromatic rings. The van der Waals surface area contributed by atoms with E-state index in [-0.39, 0.29) is 12.1 Å². The molecular weight excluding hydrogens is 314 g/mol. The Kier molecular flexibility index (Phi) is 4.63. The minimum Gasteiger partial charge on any atom is -0.391 e. The first-order valence-electron chi connectivity index (χ1n) is 9.36. The van der Waals surface area contributed by atoms with Crippen LogP contribution in [-0.4, -0.2) is 78.4 Å². The number of piperazine rings is 1. The molecule has 1 saturated carbocycles. The van der Waals surface area contributed by atoms with Gasteiger partial charge in [0.15, 0.2) is 0 Å². The van der Waals surface area contributed by atoms with Crippen LogP contribution in [-0.2, 0) is 0 Å². The third-order valence-corrected chi connectivity index (χ3v) is 6.32. The molecule has 4 atom stereocenters. The second kappa shape index (κ2) is 6.91. The summed E-state index contributed by atoms with van der Waals surface area (Å²) in [5.41, 5.74) is 0.650. The highest BCUT2D eigenvalue weighted by Crippen LogP contribution is 2.40. The van der Waals surface area contributed by atoms with E-state index in [9.17, 15) is 10.4 Å². The van der Waals surface area contributed by atoms with Crippen LogP contribution in [0.4, 0.5) is 5.82 Å². The molecule has 6 heteroatoms. The van der Waals surface area contributed by atoms with E-state index in [0.717, 1.165) is 57.9 Å². The summed E-state index contributed by atoms with van der Waals surface area (Å²) in [5, 5.41) is 20.1. The maximum atomic E-state index is 10.8. The molecule has 3 fully saturated rings. The van der Waals surface area contributed by atoms with Gasteiger partial charge >= 0.3 is 0 Å². The lowest BCUT2D eigenvalue weighted by molar-refractivity contribution is -0.0249. The molecule has 3 aliphatic rings. The van der Waals surface area contributed by atoms with Crippen molar-refractivity contribution in [1.82, 2.24) is 14.8 Å². The maximum Gasteiger partial charge on any atom is 0.146 e. The number of likely N-dealkylation sites (N-methyl/N-ethyl adjacent to an activating group) is 1. The van der Waals surface area contributed by atoms with Crippen LogP contribution in [0.5, 0.6) is 0 Å². The van der Waals surface area contributed by atoms with Crippen LogP contribution in [0.25, 0.3) is 0 Å². The summed E-state index contributed by atoms with van der Waals surface area (Å²) in [7, 11) is 2.17. The standard InChI is InChI=1S/C19H27N5O/c1-22-5-7-23(8-6-22)17-9-15-12-24(13-16(15)10-18(17)25)19-14(11-20)3-2-4-21-19/h2-4,15-18,25H,5-10,12-13H2,1H3/t15-,16+,17-,18-/m1/s1. The lowest BCUT2D eigenvalue weighted by Crippen LogP contribution is -2.55. The van der Waals surface area contributed by atoms with Crippen LogP contribution in [0, 0.1) is 23.2 Å². The zero-order chi connectivity index (χ0) is 17.4. The Morgan fingerprint density at radius 1 is 1.16 bits per heavy atom. The van der Waals surface area contributed by atoms with Gasteiger partial charge in [-0.3, -0.25) is 4.90 Å². The molecule has 1 N–H and O–H groups in total. The molecule has 3 heterocycles. The van der Waals surface area contributed by atoms with Gasteiger partial charge in [-0.25, -0.2) is 4.98 Å². The minimum absolute atomic E-state index is 0.233. The van der Waals surface area contributed by atoms with E-state index in [0.29, 0.717) is 17.4 Å². The summed E-state index contributed by atoms with van der Waals surface area (Å²) in [4.78, 5) is 11.6. The fourth-order valence-electron chi connectivity index (χ4n) is 4.86. The maximum absolute atomic E-state index is 10.8. The van der Waals surface area contributed by atoms with Crippen molar-refractivity contribution in [3.63, 3.8) is 0 Å². The molecule has 1 aromatic heterocycles. The molecule has 0 unspecified atom stereocenters. The highest BCUT2D eigenvalue weighted by Gasteiger charge is 2.44. The summed E-state index contributed by atoms with van der Waals surface area (Å²) < 4.78 is 0. The molecular formula is C19H27N5O. The number of aliphatic hydroxyl groups is 1. The first kappa shape index (κ1) is 16.8. The van der Waals surface area contributed by atoms with Crippen molar-refractivity contribution in [2.45, 2.75) is 25.0 Å². The second-order valence-electron chi connectivity index (χ2n) is 7.86. The van der Waals surface area contributed by atoms with Crippen molar-refractivity contribution < 1.29 is 5.11 Å². The van der Waals surface area contributed by atoms with Gasteiger partial charge in [-0.05, 0) is 43.9 Å². The third-order valence-electron chi connectivity index (χ3n) is 6.32. The van der Waals surface area contributed by atoms with Crippen LogP contribution in [0.1, 0.15) is 18.4 Å². The number of pyridine rings is 1. The molecule has 1 aliphatic carbocycles. The van der Waals surface area contributed by atoms with E-state index < -0.39 is 0 Å². The van der Waals surface area contributed by atoms with Gasteiger partial charge in [0.1, 0.15) is 11.9 Å². The summed E-state index contributed by atoms with van der Waals surface area (Å²) in [6.45, 7) is 6.14. The molecule has 0 aromatic carbocycles. The van der Waals surface area contributed by atoms with Crippen LogP contribution in [0.2, 0.25) is 0 Å². The first-order valence-corrected chi connectivity index (χ1v) is 9.36. The van der Waals surface area contributed by atoms with E-state index >= 15 is 0 Å². The fourth-order valence-corrected chi connectivity index (χ4v) is 4.86. The van der Waals surface area contributed by atoms with Crippen molar-refractivity contribution >= 4 is 5.82 Å². The van der Waals surface area contributed by atoms with Crippen molar-refractivity contribution in [2.75, 3.05) is 51.2 Å². The molecule has 134 valence electrons. The summed E-state index contributed by atoms with van der Waals surface area (Å²) in [6.07, 6.45) is 3.46. The zero-order valence-electron chi connectivity index (χ0n) is 14.9. The predicted octanol–water partition coefficient (Wildman–Crippen LogP) is 0.776. The van der Waals surface area contributed by atoms with Crippen molar-refractivity contribution in [3.8, 4) is 6.07 Å². The Morgan fingerprint density at radius 3 is 2.60 bits per heavy atom. The monoisotopic (exact) mass is 341 g/mol. The molecule has 25 heavy (non-hydrogen) atoms. The first-order chi connectivity index (χ1) is 12.2. The lowest BCUT2D eigenvalue weighted by Gasteiger charge is -2.44. The van der Waals surface area contributed by atoms with Crippen molar-refractivity contribution in [1.29, 1.82) is 5.26 Å². The van der Waals surface area contributed by atoms with Gasteiger partial charge in [-0.1, -0.05) is 0 Å². The molecule has 0 spiro atoms. The fraction of sp³-hybridized carbons (Fsp3) is 0.684. The number of fused-ring (bicyclic) bond motifs is 1. The second-order valence-corrected chi connectivity index (χ2v) is 7.86. The minimum atomic E-state index is -0.233. The van der Waals surface area contributed by atoms with Crippen LogP contribution < -0.4 is 4.90 Å². The predicted molar refractivity (Wildman–Crippen MR) is 96.2 cm³/mol. The number of hydrogen-bond acceptors (Lipinski definition) is 6. The number of rotatable bonds is 2. The molecule has 4 rings (SSSR count). The Hall–Kier alpha value is -1.68. The van der Waals surface area contributed by atoms with Gasteiger partial charge in [0.2, 0.25) is 0 Å². The Balaban J connectivity index is 1.46.